The lowest BCUT2D eigenvalue weighted by Gasteiger charge is -2.23. The molecule has 26 heavy (non-hydrogen) atoms. The molecule has 0 aliphatic carbocycles. The Labute approximate surface area is 155 Å². The molecule has 4 rings (SSSR count). The number of carbonyl (C=O) groups is 1. The number of aromatic nitrogens is 1. The molecule has 2 heterocycles. The number of rotatable bonds is 3. The molecule has 1 aromatic heterocycles. The highest BCUT2D eigenvalue weighted by molar-refractivity contribution is 7.07. The molecule has 0 N–H and O–H groups in total. The number of para-hydroxylation sites is 2. The van der Waals surface area contributed by atoms with Crippen molar-refractivity contribution in [1.82, 2.24) is 4.57 Å². The van der Waals surface area contributed by atoms with Crippen LogP contribution in [0, 0.1) is 6.92 Å². The van der Waals surface area contributed by atoms with Crippen LogP contribution < -0.4 is 14.3 Å². The van der Waals surface area contributed by atoms with Gasteiger partial charge in [0.05, 0.1) is 0 Å². The van der Waals surface area contributed by atoms with Crippen LogP contribution in [0.1, 0.15) is 11.1 Å². The molecule has 2 aromatic carbocycles. The van der Waals surface area contributed by atoms with Gasteiger partial charge in [-0.15, -0.1) is 11.3 Å². The second-order valence-electron chi connectivity index (χ2n) is 6.11. The van der Waals surface area contributed by atoms with Crippen molar-refractivity contribution in [2.75, 3.05) is 6.61 Å². The highest BCUT2D eigenvalue weighted by Crippen LogP contribution is 2.31. The molecule has 0 fully saturated rings. The first kappa shape index (κ1) is 16.6. The molecule has 3 aromatic rings. The summed E-state index contributed by atoms with van der Waals surface area (Å²) in [5.74, 6) is 0.896. The van der Waals surface area contributed by atoms with Crippen LogP contribution in [-0.2, 0) is 11.3 Å². The number of thiazole rings is 1. The molecule has 6 heteroatoms. The Hall–Kier alpha value is -2.86. The summed E-state index contributed by atoms with van der Waals surface area (Å²) in [5, 5.41) is 1.92. The van der Waals surface area contributed by atoms with Crippen molar-refractivity contribution in [3.8, 4) is 11.5 Å². The number of ether oxygens (including phenoxy) is 2. The van der Waals surface area contributed by atoms with E-state index in [1.165, 1.54) is 16.9 Å². The Balaban J connectivity index is 1.53. The summed E-state index contributed by atoms with van der Waals surface area (Å²) in [5.41, 5.74) is 2.38. The number of fused-ring (bicyclic) bond motifs is 1. The van der Waals surface area contributed by atoms with Crippen molar-refractivity contribution < 1.29 is 14.3 Å². The molecular weight excluding hydrogens is 348 g/mol. The largest absolute Gasteiger partial charge is 0.485 e. The number of hydrogen-bond acceptors (Lipinski definition) is 4. The molecule has 1 amide bonds. The lowest BCUT2D eigenvalue weighted by Crippen LogP contribution is -2.36. The number of nitrogens with zero attached hydrogens (tertiary/aromatic N) is 2. The first-order valence-electron chi connectivity index (χ1n) is 8.35. The van der Waals surface area contributed by atoms with Gasteiger partial charge in [0.15, 0.2) is 16.3 Å². The van der Waals surface area contributed by atoms with E-state index in [1.54, 1.807) is 6.07 Å². The Morgan fingerprint density at radius 1 is 1.19 bits per heavy atom. The van der Waals surface area contributed by atoms with Gasteiger partial charge < -0.3 is 14.0 Å². The van der Waals surface area contributed by atoms with E-state index in [9.17, 15) is 4.79 Å². The smallest absolute Gasteiger partial charge is 0.292 e. The lowest BCUT2D eigenvalue weighted by molar-refractivity contribution is -0.127. The average Bonchev–Trinajstić information content (AvgIpc) is 3.10. The van der Waals surface area contributed by atoms with Crippen LogP contribution in [0.3, 0.4) is 0 Å². The molecular formula is C20H18N2O3S. The van der Waals surface area contributed by atoms with E-state index in [-0.39, 0.29) is 12.5 Å². The quantitative estimate of drug-likeness (QED) is 0.715. The van der Waals surface area contributed by atoms with E-state index in [0.717, 1.165) is 5.56 Å². The van der Waals surface area contributed by atoms with Crippen LogP contribution in [-0.4, -0.2) is 23.2 Å². The molecule has 1 aliphatic heterocycles. The molecule has 0 unspecified atom stereocenters. The van der Waals surface area contributed by atoms with Crippen molar-refractivity contribution >= 4 is 17.2 Å². The summed E-state index contributed by atoms with van der Waals surface area (Å²) < 4.78 is 13.3. The van der Waals surface area contributed by atoms with Gasteiger partial charge in [-0.2, -0.15) is 4.99 Å². The fraction of sp³-hybridized carbons (Fsp3) is 0.200. The minimum atomic E-state index is -0.722. The molecule has 132 valence electrons. The zero-order valence-electron chi connectivity index (χ0n) is 14.3. The van der Waals surface area contributed by atoms with Gasteiger partial charge in [-0.3, -0.25) is 4.79 Å². The van der Waals surface area contributed by atoms with Gasteiger partial charge in [0.1, 0.15) is 6.61 Å². The maximum atomic E-state index is 12.5. The predicted molar refractivity (Wildman–Crippen MR) is 99.5 cm³/mol. The molecule has 5 nitrogen and oxygen atoms in total. The van der Waals surface area contributed by atoms with Crippen LogP contribution >= 0.6 is 11.3 Å². The van der Waals surface area contributed by atoms with Gasteiger partial charge >= 0.3 is 0 Å². The highest BCUT2D eigenvalue weighted by Gasteiger charge is 2.27. The van der Waals surface area contributed by atoms with E-state index < -0.39 is 6.10 Å². The van der Waals surface area contributed by atoms with Gasteiger partial charge in [-0.05, 0) is 24.6 Å². The van der Waals surface area contributed by atoms with Gasteiger partial charge in [0.25, 0.3) is 5.91 Å². The fourth-order valence-corrected chi connectivity index (χ4v) is 3.44. The third-order valence-electron chi connectivity index (χ3n) is 4.12. The Bertz CT molecular complexity index is 989. The van der Waals surface area contributed by atoms with Crippen LogP contribution in [0.5, 0.6) is 11.5 Å². The molecule has 0 spiro atoms. The van der Waals surface area contributed by atoms with E-state index >= 15 is 0 Å². The van der Waals surface area contributed by atoms with Crippen molar-refractivity contribution in [3.05, 3.63) is 76.0 Å². The third-order valence-corrected chi connectivity index (χ3v) is 4.92. The lowest BCUT2D eigenvalue weighted by atomic mass is 10.1. The highest BCUT2D eigenvalue weighted by atomic mass is 32.1. The van der Waals surface area contributed by atoms with Gasteiger partial charge in [-0.25, -0.2) is 0 Å². The minimum Gasteiger partial charge on any atom is -0.485 e. The zero-order chi connectivity index (χ0) is 17.9. The first-order chi connectivity index (χ1) is 12.7. The molecule has 0 radical (unpaired) electrons. The second-order valence-corrected chi connectivity index (χ2v) is 6.99. The topological polar surface area (TPSA) is 52.8 Å². The number of carbonyl (C=O) groups excluding carboxylic acids is 1. The monoisotopic (exact) mass is 366 g/mol. The molecule has 0 saturated carbocycles. The third kappa shape index (κ3) is 3.55. The summed E-state index contributed by atoms with van der Waals surface area (Å²) >= 11 is 1.43. The van der Waals surface area contributed by atoms with Gasteiger partial charge in [0, 0.05) is 18.1 Å². The Kier molecular flexibility index (Phi) is 4.58. The zero-order valence-corrected chi connectivity index (χ0v) is 15.1. The minimum absolute atomic E-state index is 0.169. The Morgan fingerprint density at radius 2 is 1.96 bits per heavy atom. The molecule has 0 saturated heterocycles. The predicted octanol–water partition coefficient (Wildman–Crippen LogP) is 3.17. The number of aryl methyl sites for hydroxylation is 1. The van der Waals surface area contributed by atoms with Gasteiger partial charge in [0.2, 0.25) is 6.10 Å². The standard InChI is InChI=1S/C20H18N2O3S/c1-14-6-8-15(9-7-14)12-22-10-11-26-20(22)21-19(23)18-13-24-16-4-2-3-5-17(16)25-18/h2-11,18H,12-13H2,1H3/t18-/m1/s1. The van der Waals surface area contributed by atoms with Crippen molar-refractivity contribution in [1.29, 1.82) is 0 Å². The number of benzene rings is 2. The van der Waals surface area contributed by atoms with E-state index in [2.05, 4.69) is 36.2 Å². The molecule has 0 bridgehead atoms. The Morgan fingerprint density at radius 3 is 2.77 bits per heavy atom. The van der Waals surface area contributed by atoms with Crippen LogP contribution in [0.4, 0.5) is 0 Å². The summed E-state index contributed by atoms with van der Waals surface area (Å²) in [7, 11) is 0. The summed E-state index contributed by atoms with van der Waals surface area (Å²) in [6, 6.07) is 15.7. The maximum Gasteiger partial charge on any atom is 0.292 e. The van der Waals surface area contributed by atoms with Crippen molar-refractivity contribution in [2.45, 2.75) is 19.6 Å². The SMILES string of the molecule is Cc1ccc(Cn2ccsc2=NC(=O)[C@H]2COc3ccccc3O2)cc1. The number of hydrogen-bond donors (Lipinski definition) is 0. The van der Waals surface area contributed by atoms with Crippen LogP contribution in [0.15, 0.2) is 65.1 Å². The van der Waals surface area contributed by atoms with Crippen molar-refractivity contribution in [2.24, 2.45) is 4.99 Å². The molecule has 1 atom stereocenters. The fourth-order valence-electron chi connectivity index (χ4n) is 2.70. The van der Waals surface area contributed by atoms with Crippen LogP contribution in [0.2, 0.25) is 0 Å². The van der Waals surface area contributed by atoms with Gasteiger partial charge in [-0.1, -0.05) is 42.0 Å². The van der Waals surface area contributed by atoms with E-state index in [1.807, 2.05) is 34.3 Å². The summed E-state index contributed by atoms with van der Waals surface area (Å²) in [4.78, 5) is 17.5. The van der Waals surface area contributed by atoms with Crippen LogP contribution in [0.25, 0.3) is 0 Å². The normalized spacial score (nSPS) is 16.5. The van der Waals surface area contributed by atoms with E-state index in [0.29, 0.717) is 22.8 Å². The maximum absolute atomic E-state index is 12.5. The first-order valence-corrected chi connectivity index (χ1v) is 9.23. The average molecular weight is 366 g/mol. The summed E-state index contributed by atoms with van der Waals surface area (Å²) in [6.45, 7) is 2.90. The summed E-state index contributed by atoms with van der Waals surface area (Å²) in [6.07, 6.45) is 1.21. The second kappa shape index (κ2) is 7.17. The van der Waals surface area contributed by atoms with Crippen molar-refractivity contribution in [3.63, 3.8) is 0 Å². The number of amides is 1. The molecule has 1 aliphatic rings. The van der Waals surface area contributed by atoms with E-state index in [4.69, 9.17) is 9.47 Å².